The van der Waals surface area contributed by atoms with Gasteiger partial charge in [-0.2, -0.15) is 13.2 Å². The number of carbonyl (C=O) groups excluding carboxylic acids is 4. The van der Waals surface area contributed by atoms with E-state index < -0.39 is 72.8 Å². The molecule has 0 aliphatic carbocycles. The van der Waals surface area contributed by atoms with Crippen LogP contribution >= 0.6 is 0 Å². The molecule has 51 heavy (non-hydrogen) atoms. The zero-order valence-corrected chi connectivity index (χ0v) is 29.7. The summed E-state index contributed by atoms with van der Waals surface area (Å²) in [4.78, 5) is 53.6. The fourth-order valence-electron chi connectivity index (χ4n) is 5.80. The van der Waals surface area contributed by atoms with Crippen LogP contribution in [0.2, 0.25) is 0 Å². The van der Waals surface area contributed by atoms with Gasteiger partial charge < -0.3 is 64.6 Å². The maximum absolute atomic E-state index is 11.5. The van der Waals surface area contributed by atoms with Crippen molar-refractivity contribution in [1.29, 1.82) is 0 Å². The van der Waals surface area contributed by atoms with Gasteiger partial charge in [0.25, 0.3) is 5.97 Å². The highest BCUT2D eigenvalue weighted by Crippen LogP contribution is 2.42. The first-order valence-corrected chi connectivity index (χ1v) is 15.9. The minimum Gasteiger partial charge on any atom is -0.475 e. The number of hydrogen-bond donors (Lipinski definition) is 5. The van der Waals surface area contributed by atoms with E-state index in [1.807, 2.05) is 20.8 Å². The number of ether oxygens (including phenoxy) is 7. The van der Waals surface area contributed by atoms with Crippen LogP contribution in [0, 0.1) is 11.8 Å². The van der Waals surface area contributed by atoms with E-state index in [-0.39, 0.29) is 35.2 Å². The summed E-state index contributed by atoms with van der Waals surface area (Å²) in [6.45, 7) is 11.9. The number of hydrogen-bond acceptors (Lipinski definition) is 14. The molecule has 10 atom stereocenters. The number of esters is 2. The maximum atomic E-state index is 11.5. The molecule has 4 aliphatic rings. The molecule has 0 saturated carbocycles. The van der Waals surface area contributed by atoms with E-state index in [0.717, 1.165) is 0 Å². The van der Waals surface area contributed by atoms with Crippen molar-refractivity contribution in [3.8, 4) is 0 Å². The topological polar surface area (TPSA) is 266 Å². The number of aliphatic hydroxyl groups excluding tert-OH is 2. The number of rotatable bonds is 10. The van der Waals surface area contributed by atoms with Crippen LogP contribution in [0.5, 0.6) is 0 Å². The van der Waals surface area contributed by atoms with Crippen molar-refractivity contribution in [2.45, 2.75) is 115 Å². The quantitative estimate of drug-likeness (QED) is 0.135. The molecule has 4 heterocycles. The first-order chi connectivity index (χ1) is 23.2. The number of alkyl halides is 3. The van der Waals surface area contributed by atoms with Crippen molar-refractivity contribution in [3.05, 3.63) is 0 Å². The first-order valence-electron chi connectivity index (χ1n) is 15.9. The van der Waals surface area contributed by atoms with E-state index in [1.165, 1.54) is 13.8 Å². The van der Waals surface area contributed by atoms with Gasteiger partial charge in [0.1, 0.15) is 18.3 Å². The highest BCUT2D eigenvalue weighted by molar-refractivity contribution is 5.80. The molecule has 4 bridgehead atoms. The van der Waals surface area contributed by atoms with Crippen molar-refractivity contribution in [2.24, 2.45) is 11.8 Å². The van der Waals surface area contributed by atoms with Crippen molar-refractivity contribution in [3.63, 3.8) is 0 Å². The van der Waals surface area contributed by atoms with E-state index in [0.29, 0.717) is 32.7 Å². The standard InChI is InChI=1S/2C10H15NO5.C8H18O3.C2HF3O2.H2O/c1-4(12)15-9-6-3-5(10(14)11-2)8(16-6)7(9)13;1-4(12)15-9-7(13)6-3-5(8(9)16-6)10(14)11-2;1-5-9-8(4,10-6-2)11-7-3;3-2(4,5)1(6)7;/h2*5-9,13H,3H2,1-2H3,(H,11,14);5-7H2,1-4H3;(H,6,7);1H2/t5?,6?,7-,8+,9?;5?,6?,7?,8-,9-;;;/m10.../s1. The molecule has 0 radical (unpaired) electrons. The van der Waals surface area contributed by atoms with Crippen LogP contribution < -0.4 is 10.6 Å². The molecule has 21 heteroatoms. The number of halogens is 3. The maximum Gasteiger partial charge on any atom is 0.490 e. The molecule has 4 aliphatic heterocycles. The normalized spacial score (nSPS) is 29.7. The van der Waals surface area contributed by atoms with Crippen molar-refractivity contribution in [2.75, 3.05) is 33.9 Å². The van der Waals surface area contributed by atoms with Gasteiger partial charge in [0.15, 0.2) is 12.2 Å². The lowest BCUT2D eigenvalue weighted by Gasteiger charge is -2.28. The number of aliphatic carboxylic acids is 1. The Balaban J connectivity index is 0.000000679. The molecule has 6 unspecified atom stereocenters. The van der Waals surface area contributed by atoms with Crippen LogP contribution in [0.1, 0.15) is 54.4 Å². The molecular formula is C30H51F3N2O16. The summed E-state index contributed by atoms with van der Waals surface area (Å²) in [6, 6.07) is 0. The molecule has 0 aromatic heterocycles. The fraction of sp³-hybridized carbons (Fsp3) is 0.833. The van der Waals surface area contributed by atoms with Gasteiger partial charge in [0.05, 0.1) is 30.1 Å². The first kappa shape index (κ1) is 47.8. The molecule has 0 aromatic rings. The molecule has 4 fully saturated rings. The highest BCUT2D eigenvalue weighted by Gasteiger charge is 2.58. The van der Waals surface area contributed by atoms with Crippen LogP contribution in [0.15, 0.2) is 0 Å². The van der Waals surface area contributed by atoms with Crippen molar-refractivity contribution in [1.82, 2.24) is 10.6 Å². The largest absolute Gasteiger partial charge is 0.490 e. The minimum absolute atomic E-state index is 0. The summed E-state index contributed by atoms with van der Waals surface area (Å²) >= 11 is 0. The van der Waals surface area contributed by atoms with Gasteiger partial charge >= 0.3 is 24.1 Å². The van der Waals surface area contributed by atoms with Crippen LogP contribution in [0.4, 0.5) is 13.2 Å². The Morgan fingerprint density at radius 1 is 0.725 bits per heavy atom. The van der Waals surface area contributed by atoms with Gasteiger partial charge in [-0.25, -0.2) is 4.79 Å². The van der Waals surface area contributed by atoms with Gasteiger partial charge in [-0.05, 0) is 33.6 Å². The summed E-state index contributed by atoms with van der Waals surface area (Å²) in [7, 11) is 3.09. The Morgan fingerprint density at radius 2 is 1.10 bits per heavy atom. The molecule has 298 valence electrons. The number of nitrogens with one attached hydrogen (secondary N) is 2. The second kappa shape index (κ2) is 21.4. The SMILES string of the molecule is CCOC(C)(OCC)OCC.CNC(=O)C1CC2O[C@@H]1[C@@H](O)C2OC(C)=O.CNC(=O)C1CC2O[C@@H]1[C@@H](OC(C)=O)C2O.O.O=C(O)C(F)(F)F. The van der Waals surface area contributed by atoms with Gasteiger partial charge in [-0.15, -0.1) is 0 Å². The monoisotopic (exact) mass is 752 g/mol. The van der Waals surface area contributed by atoms with Gasteiger partial charge in [-0.1, -0.05) is 0 Å². The van der Waals surface area contributed by atoms with E-state index in [1.54, 1.807) is 21.0 Å². The average molecular weight is 753 g/mol. The zero-order chi connectivity index (χ0) is 38.6. The molecule has 0 spiro atoms. The Kier molecular flexibility index (Phi) is 20.0. The predicted molar refractivity (Wildman–Crippen MR) is 165 cm³/mol. The lowest BCUT2D eigenvalue weighted by Crippen LogP contribution is -2.48. The molecule has 18 nitrogen and oxygen atoms in total. The Morgan fingerprint density at radius 3 is 1.43 bits per heavy atom. The van der Waals surface area contributed by atoms with Gasteiger partial charge in [0, 0.05) is 54.7 Å². The third-order valence-corrected chi connectivity index (χ3v) is 7.74. The smallest absolute Gasteiger partial charge is 0.475 e. The molecule has 0 aromatic carbocycles. The number of carbonyl (C=O) groups is 5. The van der Waals surface area contributed by atoms with Crippen LogP contribution in [-0.4, -0.2) is 145 Å². The molecular weight excluding hydrogens is 701 g/mol. The lowest BCUT2D eigenvalue weighted by molar-refractivity contribution is -0.365. The minimum atomic E-state index is -5.08. The summed E-state index contributed by atoms with van der Waals surface area (Å²) in [6.07, 6.45) is -9.08. The van der Waals surface area contributed by atoms with E-state index in [2.05, 4.69) is 10.6 Å². The molecule has 2 amide bonds. The van der Waals surface area contributed by atoms with E-state index in [4.69, 9.17) is 43.1 Å². The van der Waals surface area contributed by atoms with Crippen LogP contribution in [0.25, 0.3) is 0 Å². The highest BCUT2D eigenvalue weighted by atomic mass is 19.4. The van der Waals surface area contributed by atoms with Crippen LogP contribution in [-0.2, 0) is 57.1 Å². The summed E-state index contributed by atoms with van der Waals surface area (Å²) in [5, 5.41) is 31.8. The van der Waals surface area contributed by atoms with E-state index >= 15 is 0 Å². The Hall–Kier alpha value is -3.18. The summed E-state index contributed by atoms with van der Waals surface area (Å²) < 4.78 is 68.4. The lowest BCUT2D eigenvalue weighted by atomic mass is 9.84. The number of carboxylic acid groups (broad SMARTS) is 1. The third-order valence-electron chi connectivity index (χ3n) is 7.74. The molecule has 4 rings (SSSR count). The number of aliphatic hydroxyl groups is 2. The Bertz CT molecular complexity index is 1130. The summed E-state index contributed by atoms with van der Waals surface area (Å²) in [5.74, 6) is -5.51. The van der Waals surface area contributed by atoms with Crippen LogP contribution in [0.3, 0.4) is 0 Å². The van der Waals surface area contributed by atoms with Gasteiger partial charge in [-0.3, -0.25) is 19.2 Å². The average Bonchev–Trinajstić information content (AvgIpc) is 3.79. The van der Waals surface area contributed by atoms with Gasteiger partial charge in [0.2, 0.25) is 11.8 Å². The second-order valence-corrected chi connectivity index (χ2v) is 11.3. The van der Waals surface area contributed by atoms with E-state index in [9.17, 15) is 42.6 Å². The molecule has 7 N–H and O–H groups in total. The number of fused-ring (bicyclic) bond motifs is 4. The summed E-state index contributed by atoms with van der Waals surface area (Å²) in [5.41, 5.74) is 0. The number of carboxylic acids is 1. The Labute approximate surface area is 292 Å². The molecule has 4 saturated heterocycles. The zero-order valence-electron chi connectivity index (χ0n) is 29.7. The fourth-order valence-corrected chi connectivity index (χ4v) is 5.80. The predicted octanol–water partition coefficient (Wildman–Crippen LogP) is -0.797. The van der Waals surface area contributed by atoms with Crippen molar-refractivity contribution < 1.29 is 91.1 Å². The second-order valence-electron chi connectivity index (χ2n) is 11.3. The van der Waals surface area contributed by atoms with Crippen molar-refractivity contribution >= 4 is 29.7 Å². The number of amides is 2. The third kappa shape index (κ3) is 13.7.